The number of carbonyl (C=O) groups excluding carboxylic acids is 1. The summed E-state index contributed by atoms with van der Waals surface area (Å²) >= 11 is 0. The number of carbonyl (C=O) groups is 2. The van der Waals surface area contributed by atoms with Gasteiger partial charge in [-0.05, 0) is 30.7 Å². The van der Waals surface area contributed by atoms with E-state index in [4.69, 9.17) is 9.84 Å². The Bertz CT molecular complexity index is 410. The summed E-state index contributed by atoms with van der Waals surface area (Å²) in [5.41, 5.74) is 0. The molecule has 0 unspecified atom stereocenters. The van der Waals surface area contributed by atoms with Crippen molar-refractivity contribution in [3.63, 3.8) is 0 Å². The molecule has 1 heterocycles. The van der Waals surface area contributed by atoms with Gasteiger partial charge in [0.1, 0.15) is 0 Å². The zero-order chi connectivity index (χ0) is 15.6. The topological polar surface area (TPSA) is 78.9 Å². The highest BCUT2D eigenvalue weighted by molar-refractivity contribution is 6.76. The van der Waals surface area contributed by atoms with Crippen LogP contribution in [-0.4, -0.2) is 56.0 Å². The number of nitrogens with one attached hydrogen (secondary N) is 1. The van der Waals surface area contributed by atoms with Crippen LogP contribution < -0.4 is 5.32 Å². The van der Waals surface area contributed by atoms with Gasteiger partial charge in [0.2, 0.25) is 0 Å². The fourth-order valence-corrected chi connectivity index (χ4v) is 3.78. The second-order valence-electron chi connectivity index (χ2n) is 7.37. The fourth-order valence-electron chi connectivity index (χ4n) is 3.07. The smallest absolute Gasteiger partial charge is 0.407 e. The van der Waals surface area contributed by atoms with Gasteiger partial charge in [0.05, 0.1) is 6.61 Å². The van der Waals surface area contributed by atoms with Gasteiger partial charge in [-0.15, -0.1) is 0 Å². The number of rotatable bonds is 4. The molecule has 0 spiro atoms. The molecule has 120 valence electrons. The second kappa shape index (κ2) is 6.25. The number of ether oxygens (including phenoxy) is 1. The maximum atomic E-state index is 11.8. The highest BCUT2D eigenvalue weighted by atomic mass is 28.3. The molecule has 1 saturated heterocycles. The van der Waals surface area contributed by atoms with Crippen molar-refractivity contribution < 1.29 is 19.4 Å². The first-order valence-corrected chi connectivity index (χ1v) is 11.4. The highest BCUT2D eigenvalue weighted by Crippen LogP contribution is 2.40. The number of hydrogen-bond acceptors (Lipinski definition) is 3. The van der Waals surface area contributed by atoms with Crippen molar-refractivity contribution in [3.05, 3.63) is 0 Å². The van der Waals surface area contributed by atoms with Crippen LogP contribution in [0.15, 0.2) is 0 Å². The Labute approximate surface area is 126 Å². The lowest BCUT2D eigenvalue weighted by Crippen LogP contribution is -2.60. The first-order valence-electron chi connectivity index (χ1n) is 7.67. The average molecular weight is 314 g/mol. The monoisotopic (exact) mass is 314 g/mol. The minimum absolute atomic E-state index is 0.0662. The molecule has 7 heteroatoms. The third kappa shape index (κ3) is 4.36. The molecule has 2 amide bonds. The van der Waals surface area contributed by atoms with Gasteiger partial charge in [-0.1, -0.05) is 19.6 Å². The Morgan fingerprint density at radius 3 is 2.71 bits per heavy atom. The lowest BCUT2D eigenvalue weighted by Gasteiger charge is -2.50. The quantitative estimate of drug-likeness (QED) is 0.781. The van der Waals surface area contributed by atoms with Gasteiger partial charge in [0.15, 0.2) is 0 Å². The van der Waals surface area contributed by atoms with Crippen LogP contribution in [0, 0.1) is 11.8 Å². The predicted octanol–water partition coefficient (Wildman–Crippen LogP) is 2.44. The first kappa shape index (κ1) is 16.1. The molecule has 3 atom stereocenters. The molecule has 6 nitrogen and oxygen atoms in total. The summed E-state index contributed by atoms with van der Waals surface area (Å²) in [6.07, 6.45) is 0.627. The highest BCUT2D eigenvalue weighted by Gasteiger charge is 2.45. The van der Waals surface area contributed by atoms with E-state index in [0.29, 0.717) is 25.6 Å². The molecule has 0 bridgehead atoms. The Hall–Kier alpha value is -1.24. The van der Waals surface area contributed by atoms with Crippen LogP contribution in [-0.2, 0) is 4.74 Å². The second-order valence-corrected chi connectivity index (χ2v) is 13.0. The summed E-state index contributed by atoms with van der Waals surface area (Å²) < 4.78 is 5.23. The Kier molecular flexibility index (Phi) is 4.80. The van der Waals surface area contributed by atoms with Gasteiger partial charge in [-0.25, -0.2) is 9.59 Å². The Balaban J connectivity index is 1.72. The number of hydrogen-bond donors (Lipinski definition) is 2. The summed E-state index contributed by atoms with van der Waals surface area (Å²) in [4.78, 5) is 24.2. The number of amides is 2. The van der Waals surface area contributed by atoms with E-state index in [0.717, 1.165) is 18.9 Å². The van der Waals surface area contributed by atoms with E-state index in [9.17, 15) is 9.59 Å². The van der Waals surface area contributed by atoms with E-state index >= 15 is 0 Å². The van der Waals surface area contributed by atoms with E-state index in [2.05, 4.69) is 25.0 Å². The maximum absolute atomic E-state index is 11.8. The van der Waals surface area contributed by atoms with Gasteiger partial charge in [-0.3, -0.25) is 0 Å². The van der Waals surface area contributed by atoms with E-state index in [-0.39, 0.29) is 18.1 Å². The summed E-state index contributed by atoms with van der Waals surface area (Å²) in [7, 11) is -1.19. The van der Waals surface area contributed by atoms with E-state index in [1.807, 2.05) is 0 Å². The van der Waals surface area contributed by atoms with E-state index in [1.165, 1.54) is 4.90 Å². The fraction of sp³-hybridized carbons (Fsp3) is 0.857. The number of piperidine rings is 1. The average Bonchev–Trinajstić information content (AvgIpc) is 2.34. The Morgan fingerprint density at radius 1 is 1.38 bits per heavy atom. The van der Waals surface area contributed by atoms with Crippen molar-refractivity contribution in [2.45, 2.75) is 44.6 Å². The number of alkyl carbamates (subject to hydrolysis) is 1. The maximum Gasteiger partial charge on any atom is 0.407 e. The number of carboxylic acid groups (broad SMARTS) is 1. The molecule has 0 aromatic heterocycles. The molecule has 2 N–H and O–H groups in total. The van der Waals surface area contributed by atoms with Crippen LogP contribution >= 0.6 is 0 Å². The number of likely N-dealkylation sites (tertiary alicyclic amines) is 1. The zero-order valence-corrected chi connectivity index (χ0v) is 14.1. The van der Waals surface area contributed by atoms with E-state index in [1.54, 1.807) is 0 Å². The molecule has 0 aromatic carbocycles. The normalized spacial score (nSPS) is 28.3. The summed E-state index contributed by atoms with van der Waals surface area (Å²) in [5.74, 6) is 0.798. The molecule has 2 fully saturated rings. The number of fused-ring (bicyclic) bond motifs is 1. The van der Waals surface area contributed by atoms with Gasteiger partial charge in [0.25, 0.3) is 0 Å². The summed E-state index contributed by atoms with van der Waals surface area (Å²) in [6, 6.07) is 1.03. The van der Waals surface area contributed by atoms with Gasteiger partial charge >= 0.3 is 12.2 Å². The predicted molar refractivity (Wildman–Crippen MR) is 82.2 cm³/mol. The van der Waals surface area contributed by atoms with Crippen LogP contribution in [0.5, 0.6) is 0 Å². The first-order chi connectivity index (χ1) is 9.76. The van der Waals surface area contributed by atoms with Crippen molar-refractivity contribution in [3.8, 4) is 0 Å². The molecule has 0 aromatic rings. The molecule has 21 heavy (non-hydrogen) atoms. The molecule has 1 aliphatic heterocycles. The lowest BCUT2D eigenvalue weighted by atomic mass is 9.65. The third-order valence-corrected chi connectivity index (χ3v) is 6.24. The third-order valence-electron chi connectivity index (χ3n) is 4.54. The molecule has 2 aliphatic rings. The largest absolute Gasteiger partial charge is 0.465 e. The molecule has 2 rings (SSSR count). The van der Waals surface area contributed by atoms with Crippen LogP contribution in [0.3, 0.4) is 0 Å². The van der Waals surface area contributed by atoms with Gasteiger partial charge in [-0.2, -0.15) is 0 Å². The lowest BCUT2D eigenvalue weighted by molar-refractivity contribution is 0.0142. The van der Waals surface area contributed by atoms with Crippen molar-refractivity contribution in [2.24, 2.45) is 11.8 Å². The van der Waals surface area contributed by atoms with Crippen LogP contribution in [0.1, 0.15) is 12.8 Å². The van der Waals surface area contributed by atoms with Crippen molar-refractivity contribution in [1.82, 2.24) is 10.2 Å². The SMILES string of the molecule is C[Si](C)(C)CCOC(=O)N[C@@H]1C[C@H]2CCN(C(=O)O)C[C@H]21. The van der Waals surface area contributed by atoms with E-state index < -0.39 is 14.2 Å². The molecule has 0 radical (unpaired) electrons. The summed E-state index contributed by atoms with van der Waals surface area (Å²) in [6.45, 7) is 8.35. The zero-order valence-electron chi connectivity index (χ0n) is 13.1. The Morgan fingerprint density at radius 2 is 2.10 bits per heavy atom. The van der Waals surface area contributed by atoms with Crippen LogP contribution in [0.4, 0.5) is 9.59 Å². The minimum Gasteiger partial charge on any atom is -0.465 e. The molecular weight excluding hydrogens is 288 g/mol. The number of nitrogens with zero attached hydrogens (tertiary/aromatic N) is 1. The van der Waals surface area contributed by atoms with Crippen molar-refractivity contribution >= 4 is 20.3 Å². The van der Waals surface area contributed by atoms with Crippen LogP contribution in [0.2, 0.25) is 25.7 Å². The van der Waals surface area contributed by atoms with Gasteiger partial charge < -0.3 is 20.1 Å². The summed E-state index contributed by atoms with van der Waals surface area (Å²) in [5, 5.41) is 11.9. The molecular formula is C14H26N2O4Si. The van der Waals surface area contributed by atoms with Gasteiger partial charge in [0, 0.05) is 27.2 Å². The van der Waals surface area contributed by atoms with Crippen molar-refractivity contribution in [2.75, 3.05) is 19.7 Å². The van der Waals surface area contributed by atoms with Crippen molar-refractivity contribution in [1.29, 1.82) is 0 Å². The minimum atomic E-state index is -1.19. The molecule has 1 aliphatic carbocycles. The van der Waals surface area contributed by atoms with Crippen LogP contribution in [0.25, 0.3) is 0 Å². The standard InChI is InChI=1S/C14H26N2O4Si/c1-21(2,3)7-6-20-13(17)15-12-8-10-4-5-16(14(18)19)9-11(10)12/h10-12H,4-9H2,1-3H3,(H,15,17)(H,18,19)/t10-,11-,12-/m1/s1. The molecule has 1 saturated carbocycles.